The van der Waals surface area contributed by atoms with Gasteiger partial charge in [-0.1, -0.05) is 104 Å². The highest BCUT2D eigenvalue weighted by molar-refractivity contribution is 6.13. The number of urea groups is 1. The predicted octanol–water partition coefficient (Wildman–Crippen LogP) is 9.19. The third-order valence-electron chi connectivity index (χ3n) is 11.7. The molecule has 7 rings (SSSR count). The molecule has 4 aromatic carbocycles. The molecule has 0 saturated heterocycles. The number of anilines is 1. The number of para-hydroxylation sites is 1. The number of carbonyl (C=O) groups is 2. The van der Waals surface area contributed by atoms with Crippen LogP contribution in [0.15, 0.2) is 115 Å². The summed E-state index contributed by atoms with van der Waals surface area (Å²) < 4.78 is 5.35. The molecule has 0 heterocycles. The van der Waals surface area contributed by atoms with E-state index in [1.54, 1.807) is 12.0 Å². The number of carbonyl (C=O) groups excluding carboxylic acids is 2. The van der Waals surface area contributed by atoms with Crippen LogP contribution in [-0.4, -0.2) is 65.4 Å². The Hall–Kier alpha value is -4.56. The minimum absolute atomic E-state index is 0.0696. The number of nitrogens with zero attached hydrogens (tertiary/aromatic N) is 1. The van der Waals surface area contributed by atoms with Crippen LogP contribution in [-0.2, 0) is 11.2 Å². The molecule has 278 valence electrons. The summed E-state index contributed by atoms with van der Waals surface area (Å²) in [5.74, 6) is -0.233. The van der Waals surface area contributed by atoms with E-state index in [2.05, 4.69) is 37.4 Å². The molecule has 2 amide bonds. The molecular formula is C46H54N2O5. The van der Waals surface area contributed by atoms with Gasteiger partial charge in [0.15, 0.2) is 5.78 Å². The Morgan fingerprint density at radius 1 is 0.906 bits per heavy atom. The molecule has 4 atom stereocenters. The van der Waals surface area contributed by atoms with Crippen molar-refractivity contribution in [2.24, 2.45) is 5.41 Å². The summed E-state index contributed by atoms with van der Waals surface area (Å²) in [5.41, 5.74) is 4.87. The number of benzene rings is 4. The van der Waals surface area contributed by atoms with Crippen molar-refractivity contribution >= 4 is 17.5 Å². The molecule has 0 unspecified atom stereocenters. The van der Waals surface area contributed by atoms with Crippen molar-refractivity contribution in [3.8, 4) is 11.1 Å². The molecule has 53 heavy (non-hydrogen) atoms. The van der Waals surface area contributed by atoms with Crippen LogP contribution in [0.1, 0.15) is 91.8 Å². The molecule has 1 fully saturated rings. The monoisotopic (exact) mass is 714 g/mol. The number of hydrogen-bond donors (Lipinski definition) is 3. The molecule has 4 aromatic rings. The van der Waals surface area contributed by atoms with E-state index >= 15 is 0 Å². The molecule has 2 bridgehead atoms. The first kappa shape index (κ1) is 38.2. The molecule has 0 aromatic heterocycles. The lowest BCUT2D eigenvalue weighted by Gasteiger charge is -2.46. The molecule has 7 heteroatoms. The molecule has 0 radical (unpaired) electrons. The quantitative estimate of drug-likeness (QED) is 0.0865. The number of hydrogen-bond acceptors (Lipinski definition) is 5. The van der Waals surface area contributed by atoms with Crippen molar-refractivity contribution in [2.75, 3.05) is 32.1 Å². The number of ketones is 1. The lowest BCUT2D eigenvalue weighted by molar-refractivity contribution is -0.0767. The second-order valence-electron chi connectivity index (χ2n) is 15.3. The number of aliphatic hydroxyl groups excluding tert-OH is 1. The average Bonchev–Trinajstić information content (AvgIpc) is 3.42. The topological polar surface area (TPSA) is 99.1 Å². The zero-order valence-corrected chi connectivity index (χ0v) is 31.4. The van der Waals surface area contributed by atoms with Gasteiger partial charge in [0, 0.05) is 42.5 Å². The van der Waals surface area contributed by atoms with Crippen molar-refractivity contribution in [3.05, 3.63) is 137 Å². The summed E-state index contributed by atoms with van der Waals surface area (Å²) in [6, 6.07) is 33.0. The van der Waals surface area contributed by atoms with Crippen molar-refractivity contribution < 1.29 is 24.5 Å². The summed E-state index contributed by atoms with van der Waals surface area (Å²) >= 11 is 0. The van der Waals surface area contributed by atoms with E-state index in [9.17, 15) is 19.8 Å². The number of amides is 2. The van der Waals surface area contributed by atoms with Crippen LogP contribution >= 0.6 is 0 Å². The lowest BCUT2D eigenvalue weighted by Crippen LogP contribution is -2.54. The van der Waals surface area contributed by atoms with E-state index in [1.807, 2.05) is 91.0 Å². The van der Waals surface area contributed by atoms with E-state index in [-0.39, 0.29) is 24.3 Å². The van der Waals surface area contributed by atoms with Gasteiger partial charge in [-0.15, -0.1) is 0 Å². The summed E-state index contributed by atoms with van der Waals surface area (Å²) in [7, 11) is 1.65. The first-order valence-corrected chi connectivity index (χ1v) is 19.1. The second-order valence-corrected chi connectivity index (χ2v) is 15.3. The van der Waals surface area contributed by atoms with Crippen molar-refractivity contribution in [3.63, 3.8) is 0 Å². The van der Waals surface area contributed by atoms with Gasteiger partial charge < -0.3 is 25.2 Å². The van der Waals surface area contributed by atoms with E-state index in [1.165, 1.54) is 5.57 Å². The van der Waals surface area contributed by atoms with Crippen LogP contribution in [0.3, 0.4) is 0 Å². The first-order valence-electron chi connectivity index (χ1n) is 19.1. The zero-order valence-electron chi connectivity index (χ0n) is 31.4. The summed E-state index contributed by atoms with van der Waals surface area (Å²) in [6.07, 6.45) is 6.72. The molecule has 3 N–H and O–H groups in total. The molecule has 3 aliphatic carbocycles. The number of ether oxygens (including phenoxy) is 1. The van der Waals surface area contributed by atoms with Gasteiger partial charge in [0.05, 0.1) is 18.2 Å². The van der Waals surface area contributed by atoms with Crippen molar-refractivity contribution in [1.82, 2.24) is 4.90 Å². The van der Waals surface area contributed by atoms with Crippen LogP contribution in [0.5, 0.6) is 0 Å². The molecule has 3 aliphatic rings. The van der Waals surface area contributed by atoms with Gasteiger partial charge >= 0.3 is 6.03 Å². The van der Waals surface area contributed by atoms with E-state index in [0.717, 1.165) is 35.1 Å². The number of aliphatic hydroxyl groups is 2. The maximum atomic E-state index is 14.9. The number of fused-ring (bicyclic) bond motifs is 8. The average molecular weight is 715 g/mol. The van der Waals surface area contributed by atoms with Crippen LogP contribution in [0.2, 0.25) is 0 Å². The summed E-state index contributed by atoms with van der Waals surface area (Å²) in [6.45, 7) is 5.33. The Kier molecular flexibility index (Phi) is 12.3. The fourth-order valence-corrected chi connectivity index (χ4v) is 8.58. The standard InChI is InChI=1S/C46H54N2O5/c1-33-14-12-26-45(2)42(25-27-46(45,52)32-48(28-13-29-53-3)44(51)47-36-17-8-5-9-18-36)39-24-22-34(30-37(49)23-21-33)31-41(39)43(50)40-20-11-10-19-38(40)35-15-6-4-7-16-35/h4-11,14-20,22,24,31,37,42,49,52H,12-13,21,23,25-30,32H2,1-3H3,(H,47,51)/t37-,42-,45-,46+/m0/s1. The molecule has 0 spiro atoms. The third kappa shape index (κ3) is 8.65. The second kappa shape index (κ2) is 17.1. The Bertz CT molecular complexity index is 1890. The molecular weight excluding hydrogens is 661 g/mol. The van der Waals surface area contributed by atoms with Crippen LogP contribution in [0.4, 0.5) is 10.5 Å². The Labute approximate surface area is 314 Å². The van der Waals surface area contributed by atoms with Gasteiger partial charge in [0.1, 0.15) is 0 Å². The Morgan fingerprint density at radius 2 is 1.62 bits per heavy atom. The highest BCUT2D eigenvalue weighted by Crippen LogP contribution is 2.59. The number of nitrogens with one attached hydrogen (secondary N) is 1. The van der Waals surface area contributed by atoms with Gasteiger partial charge in [-0.2, -0.15) is 0 Å². The van der Waals surface area contributed by atoms with Gasteiger partial charge in [0.2, 0.25) is 0 Å². The van der Waals surface area contributed by atoms with E-state index in [4.69, 9.17) is 4.74 Å². The molecule has 1 saturated carbocycles. The van der Waals surface area contributed by atoms with E-state index in [0.29, 0.717) is 68.5 Å². The highest BCUT2D eigenvalue weighted by Gasteiger charge is 2.57. The lowest BCUT2D eigenvalue weighted by atomic mass is 9.64. The largest absolute Gasteiger partial charge is 0.393 e. The summed E-state index contributed by atoms with van der Waals surface area (Å²) in [5, 5.41) is 27.1. The minimum atomic E-state index is -1.24. The van der Waals surface area contributed by atoms with E-state index < -0.39 is 17.1 Å². The van der Waals surface area contributed by atoms with Gasteiger partial charge in [-0.25, -0.2) is 4.79 Å². The Balaban J connectivity index is 1.43. The van der Waals surface area contributed by atoms with Crippen LogP contribution in [0.25, 0.3) is 11.1 Å². The van der Waals surface area contributed by atoms with Gasteiger partial charge in [0.25, 0.3) is 0 Å². The molecule has 0 aliphatic heterocycles. The highest BCUT2D eigenvalue weighted by atomic mass is 16.5. The maximum absolute atomic E-state index is 14.9. The number of allylic oxidation sites excluding steroid dienone is 2. The smallest absolute Gasteiger partial charge is 0.321 e. The number of methoxy groups -OCH3 is 1. The van der Waals surface area contributed by atoms with Crippen LogP contribution in [0, 0.1) is 5.41 Å². The predicted molar refractivity (Wildman–Crippen MR) is 212 cm³/mol. The fraction of sp³-hybridized carbons (Fsp3) is 0.391. The fourth-order valence-electron chi connectivity index (χ4n) is 8.58. The SMILES string of the molecule is COCCCN(C[C@]1(O)CC[C@H]2c3ccc(cc3C(=O)c3ccccc3-c3ccccc3)C[C@@H](O)CCC(C)=CCC[C@@]21C)C(=O)Nc1ccccc1. The van der Waals surface area contributed by atoms with Gasteiger partial charge in [-0.05, 0) is 105 Å². The van der Waals surface area contributed by atoms with Gasteiger partial charge in [-0.3, -0.25) is 4.79 Å². The van der Waals surface area contributed by atoms with Crippen molar-refractivity contribution in [1.29, 1.82) is 0 Å². The zero-order chi connectivity index (χ0) is 37.4. The third-order valence-corrected chi connectivity index (χ3v) is 11.7. The van der Waals surface area contributed by atoms with Crippen LogP contribution < -0.4 is 5.32 Å². The first-order chi connectivity index (χ1) is 25.6. The normalized spacial score (nSPS) is 23.1. The van der Waals surface area contributed by atoms with Crippen molar-refractivity contribution in [2.45, 2.75) is 82.8 Å². The minimum Gasteiger partial charge on any atom is -0.393 e. The number of rotatable bonds is 10. The maximum Gasteiger partial charge on any atom is 0.321 e. The molecule has 7 nitrogen and oxygen atoms in total. The Morgan fingerprint density at radius 3 is 2.38 bits per heavy atom. The summed E-state index contributed by atoms with van der Waals surface area (Å²) in [4.78, 5) is 30.6.